The first-order chi connectivity index (χ1) is 12.8. The number of aliphatic hydroxyl groups is 2. The first-order valence-corrected chi connectivity index (χ1v) is 7.78. The molecule has 1 atom stereocenters. The molecule has 0 spiro atoms. The second-order valence-electron chi connectivity index (χ2n) is 5.88. The highest BCUT2D eigenvalue weighted by atomic mass is 19.1. The number of nitrogens with zero attached hydrogens (tertiary/aromatic N) is 2. The molecule has 0 heterocycles. The summed E-state index contributed by atoms with van der Waals surface area (Å²) in [5.74, 6) is -1.49. The van der Waals surface area contributed by atoms with Gasteiger partial charge < -0.3 is 20.3 Å². The highest BCUT2D eigenvalue weighted by molar-refractivity contribution is 5.97. The Morgan fingerprint density at radius 1 is 1.41 bits per heavy atom. The SMILES string of the molecule is [C-]#[N+]c1ccc(NC(=O)[C@@](C)(O)COc2ccc(C#N)c(F)c2)cc1CO. The van der Waals surface area contributed by atoms with Gasteiger partial charge in [0.15, 0.2) is 11.3 Å². The molecule has 0 bridgehead atoms. The molecule has 0 saturated carbocycles. The van der Waals surface area contributed by atoms with Crippen LogP contribution in [0.15, 0.2) is 36.4 Å². The summed E-state index contributed by atoms with van der Waals surface area (Å²) in [4.78, 5) is 15.5. The van der Waals surface area contributed by atoms with Crippen LogP contribution in [0, 0.1) is 23.7 Å². The van der Waals surface area contributed by atoms with Crippen LogP contribution in [0.2, 0.25) is 0 Å². The zero-order valence-electron chi connectivity index (χ0n) is 14.4. The van der Waals surface area contributed by atoms with Crippen molar-refractivity contribution in [3.05, 3.63) is 64.8 Å². The van der Waals surface area contributed by atoms with E-state index in [1.54, 1.807) is 6.07 Å². The molecule has 8 heteroatoms. The van der Waals surface area contributed by atoms with Gasteiger partial charge in [-0.1, -0.05) is 6.07 Å². The second-order valence-corrected chi connectivity index (χ2v) is 5.88. The Kier molecular flexibility index (Phi) is 6.09. The van der Waals surface area contributed by atoms with Crippen LogP contribution < -0.4 is 10.1 Å². The normalized spacial score (nSPS) is 12.4. The molecule has 1 amide bonds. The number of nitriles is 1. The Morgan fingerprint density at radius 2 is 2.15 bits per heavy atom. The number of nitrogens with one attached hydrogen (secondary N) is 1. The van der Waals surface area contributed by atoms with E-state index in [1.807, 2.05) is 0 Å². The number of amides is 1. The van der Waals surface area contributed by atoms with Gasteiger partial charge in [0, 0.05) is 11.8 Å². The van der Waals surface area contributed by atoms with Crippen LogP contribution in [-0.4, -0.2) is 28.3 Å². The van der Waals surface area contributed by atoms with Crippen LogP contribution in [0.1, 0.15) is 18.1 Å². The Bertz CT molecular complexity index is 945. The Morgan fingerprint density at radius 3 is 2.74 bits per heavy atom. The summed E-state index contributed by atoms with van der Waals surface area (Å²) in [6.07, 6.45) is 0. The highest BCUT2D eigenvalue weighted by Crippen LogP contribution is 2.24. The van der Waals surface area contributed by atoms with Crippen molar-refractivity contribution in [3.63, 3.8) is 0 Å². The van der Waals surface area contributed by atoms with Gasteiger partial charge >= 0.3 is 0 Å². The van der Waals surface area contributed by atoms with Crippen molar-refractivity contribution >= 4 is 17.3 Å². The average Bonchev–Trinajstić information content (AvgIpc) is 2.66. The monoisotopic (exact) mass is 369 g/mol. The third kappa shape index (κ3) is 4.79. The summed E-state index contributed by atoms with van der Waals surface area (Å²) in [6.45, 7) is 7.40. The molecule has 0 unspecified atom stereocenters. The lowest BCUT2D eigenvalue weighted by Gasteiger charge is -2.23. The fourth-order valence-electron chi connectivity index (χ4n) is 2.13. The number of aliphatic hydroxyl groups excluding tert-OH is 1. The second kappa shape index (κ2) is 8.28. The van der Waals surface area contributed by atoms with Crippen molar-refractivity contribution in [2.75, 3.05) is 11.9 Å². The van der Waals surface area contributed by atoms with Crippen LogP contribution in [-0.2, 0) is 11.4 Å². The highest BCUT2D eigenvalue weighted by Gasteiger charge is 2.31. The minimum absolute atomic E-state index is 0.0588. The van der Waals surface area contributed by atoms with Gasteiger partial charge in [0.2, 0.25) is 0 Å². The van der Waals surface area contributed by atoms with E-state index >= 15 is 0 Å². The Balaban J connectivity index is 2.06. The molecule has 0 aromatic heterocycles. The minimum Gasteiger partial charge on any atom is -0.490 e. The van der Waals surface area contributed by atoms with Gasteiger partial charge in [0.25, 0.3) is 5.91 Å². The number of rotatable bonds is 6. The van der Waals surface area contributed by atoms with E-state index in [2.05, 4.69) is 10.2 Å². The first-order valence-electron chi connectivity index (χ1n) is 7.78. The van der Waals surface area contributed by atoms with Gasteiger partial charge in [0.1, 0.15) is 24.2 Å². The van der Waals surface area contributed by atoms with Crippen molar-refractivity contribution in [1.29, 1.82) is 5.26 Å². The minimum atomic E-state index is -1.94. The number of hydrogen-bond acceptors (Lipinski definition) is 5. The van der Waals surface area contributed by atoms with Gasteiger partial charge in [-0.3, -0.25) is 4.79 Å². The maximum atomic E-state index is 13.6. The van der Waals surface area contributed by atoms with Crippen molar-refractivity contribution in [2.24, 2.45) is 0 Å². The van der Waals surface area contributed by atoms with Crippen LogP contribution in [0.4, 0.5) is 15.8 Å². The zero-order chi connectivity index (χ0) is 20.0. The predicted octanol–water partition coefficient (Wildman–Crippen LogP) is 2.51. The average molecular weight is 369 g/mol. The van der Waals surface area contributed by atoms with Crippen LogP contribution in [0.3, 0.4) is 0 Å². The summed E-state index contributed by atoms with van der Waals surface area (Å²) >= 11 is 0. The van der Waals surface area contributed by atoms with Crippen molar-refractivity contribution < 1.29 is 24.1 Å². The standard InChI is InChI=1S/C19H16FN3O4/c1-19(26,11-27-15-5-3-12(9-21)16(20)8-15)18(25)23-14-4-6-17(22-2)13(7-14)10-24/h3-8,24,26H,10-11H2,1H3,(H,23,25)/t19-/m0/s1. The molecule has 0 aliphatic heterocycles. The van der Waals surface area contributed by atoms with Crippen LogP contribution in [0.25, 0.3) is 4.85 Å². The molecule has 0 fully saturated rings. The van der Waals surface area contributed by atoms with Gasteiger partial charge in [-0.2, -0.15) is 5.26 Å². The van der Waals surface area contributed by atoms with E-state index in [9.17, 15) is 19.4 Å². The maximum Gasteiger partial charge on any atom is 0.259 e. The first kappa shape index (κ1) is 19.9. The number of anilines is 1. The van der Waals surface area contributed by atoms with E-state index in [1.165, 1.54) is 37.3 Å². The number of carbonyl (C=O) groups is 1. The van der Waals surface area contributed by atoms with Gasteiger partial charge in [-0.15, -0.1) is 0 Å². The van der Waals surface area contributed by atoms with E-state index in [-0.39, 0.29) is 23.6 Å². The molecule has 0 aliphatic carbocycles. The van der Waals surface area contributed by atoms with Crippen LogP contribution in [0.5, 0.6) is 5.75 Å². The quantitative estimate of drug-likeness (QED) is 0.678. The molecule has 0 saturated heterocycles. The molecule has 2 aromatic carbocycles. The summed E-state index contributed by atoms with van der Waals surface area (Å²) in [5.41, 5.74) is -1.20. The lowest BCUT2D eigenvalue weighted by Crippen LogP contribution is -2.45. The third-order valence-corrected chi connectivity index (χ3v) is 3.70. The number of ether oxygens (including phenoxy) is 1. The molecule has 7 nitrogen and oxygen atoms in total. The van der Waals surface area contributed by atoms with E-state index in [0.29, 0.717) is 11.3 Å². The molecule has 3 N–H and O–H groups in total. The topological polar surface area (TPSA) is 107 Å². The third-order valence-electron chi connectivity index (χ3n) is 3.70. The van der Waals surface area contributed by atoms with Crippen LogP contribution >= 0.6 is 0 Å². The fourth-order valence-corrected chi connectivity index (χ4v) is 2.13. The fraction of sp³-hybridized carbons (Fsp3) is 0.211. The van der Waals surface area contributed by atoms with Gasteiger partial charge in [-0.05, 0) is 36.8 Å². The molecule has 27 heavy (non-hydrogen) atoms. The maximum absolute atomic E-state index is 13.6. The molecule has 2 rings (SSSR count). The number of carbonyl (C=O) groups excluding carboxylic acids is 1. The molecular formula is C19H16FN3O4. The summed E-state index contributed by atoms with van der Waals surface area (Å²) in [7, 11) is 0. The lowest BCUT2D eigenvalue weighted by atomic mass is 10.1. The van der Waals surface area contributed by atoms with E-state index in [0.717, 1.165) is 6.07 Å². The van der Waals surface area contributed by atoms with Gasteiger partial charge in [-0.25, -0.2) is 9.24 Å². The molecule has 0 aliphatic rings. The molecule has 2 aromatic rings. The number of halogens is 1. The predicted molar refractivity (Wildman–Crippen MR) is 94.5 cm³/mol. The van der Waals surface area contributed by atoms with Crippen molar-refractivity contribution in [3.8, 4) is 11.8 Å². The van der Waals surface area contributed by atoms with Crippen molar-refractivity contribution in [2.45, 2.75) is 19.1 Å². The smallest absolute Gasteiger partial charge is 0.259 e. The summed E-state index contributed by atoms with van der Waals surface area (Å²) in [6, 6.07) is 9.59. The molecule has 0 radical (unpaired) electrons. The van der Waals surface area contributed by atoms with Gasteiger partial charge in [0.05, 0.1) is 18.7 Å². The van der Waals surface area contributed by atoms with E-state index in [4.69, 9.17) is 16.6 Å². The molecule has 138 valence electrons. The van der Waals surface area contributed by atoms with E-state index < -0.39 is 23.9 Å². The number of hydrogen-bond donors (Lipinski definition) is 3. The number of benzene rings is 2. The summed E-state index contributed by atoms with van der Waals surface area (Å²) in [5, 5.41) is 30.8. The zero-order valence-corrected chi connectivity index (χ0v) is 14.4. The summed E-state index contributed by atoms with van der Waals surface area (Å²) < 4.78 is 18.8. The van der Waals surface area contributed by atoms with Crippen molar-refractivity contribution in [1.82, 2.24) is 0 Å². The Hall–Kier alpha value is -3.46. The largest absolute Gasteiger partial charge is 0.490 e. The molecular weight excluding hydrogens is 353 g/mol. The Labute approximate surface area is 155 Å². The lowest BCUT2D eigenvalue weighted by molar-refractivity contribution is -0.135.